The summed E-state index contributed by atoms with van der Waals surface area (Å²) in [5.74, 6) is 1.35. The molecule has 0 amide bonds. The van der Waals surface area contributed by atoms with Crippen LogP contribution in [0.1, 0.15) is 63.9 Å². The van der Waals surface area contributed by atoms with E-state index in [2.05, 4.69) is 5.32 Å². The van der Waals surface area contributed by atoms with Crippen LogP contribution >= 0.6 is 0 Å². The molecule has 0 saturated heterocycles. The fraction of sp³-hybridized carbons (Fsp3) is 0.478. The lowest BCUT2D eigenvalue weighted by Crippen LogP contribution is -2.36. The van der Waals surface area contributed by atoms with Gasteiger partial charge in [-0.2, -0.15) is 0 Å². The maximum atomic E-state index is 12.9. The van der Waals surface area contributed by atoms with Crippen LogP contribution in [0.4, 0.5) is 0 Å². The highest BCUT2D eigenvalue weighted by atomic mass is 16.5. The van der Waals surface area contributed by atoms with Crippen LogP contribution in [-0.4, -0.2) is 24.8 Å². The average molecular weight is 381 g/mol. The highest BCUT2D eigenvalue weighted by Gasteiger charge is 2.40. The Bertz CT molecular complexity index is 839. The fourth-order valence-electron chi connectivity index (χ4n) is 4.56. The molecule has 0 atom stereocenters. The van der Waals surface area contributed by atoms with Crippen molar-refractivity contribution in [2.45, 2.75) is 58.3 Å². The third-order valence-electron chi connectivity index (χ3n) is 5.69. The molecule has 3 aliphatic rings. The molecule has 0 bridgehead atoms. The Morgan fingerprint density at radius 2 is 1.43 bits per heavy atom. The van der Waals surface area contributed by atoms with E-state index < -0.39 is 0 Å². The van der Waals surface area contributed by atoms with Crippen LogP contribution in [0.2, 0.25) is 0 Å². The number of hydrogen-bond acceptors (Lipinski definition) is 5. The van der Waals surface area contributed by atoms with Crippen molar-refractivity contribution in [2.24, 2.45) is 0 Å². The van der Waals surface area contributed by atoms with Gasteiger partial charge in [0, 0.05) is 41.3 Å². The number of rotatable bonds is 5. The summed E-state index contributed by atoms with van der Waals surface area (Å²) in [6.45, 7) is 4.94. The number of ether oxygens (including phenoxy) is 2. The summed E-state index contributed by atoms with van der Waals surface area (Å²) in [6, 6.07) is 5.82. The first-order valence-corrected chi connectivity index (χ1v) is 10.3. The Kier molecular flexibility index (Phi) is 5.25. The molecule has 0 unspecified atom stereocenters. The molecule has 0 saturated carbocycles. The molecule has 1 aliphatic heterocycles. The number of dihydropyridines is 1. The van der Waals surface area contributed by atoms with Gasteiger partial charge in [-0.05, 0) is 57.2 Å². The highest BCUT2D eigenvalue weighted by molar-refractivity contribution is 6.06. The summed E-state index contributed by atoms with van der Waals surface area (Å²) >= 11 is 0. The van der Waals surface area contributed by atoms with E-state index in [4.69, 9.17) is 9.47 Å². The molecule has 148 valence electrons. The maximum Gasteiger partial charge on any atom is 0.161 e. The Balaban J connectivity index is 1.86. The Hall–Kier alpha value is -2.56. The molecule has 0 aromatic heterocycles. The summed E-state index contributed by atoms with van der Waals surface area (Å²) in [7, 11) is 0. The van der Waals surface area contributed by atoms with E-state index in [-0.39, 0.29) is 17.5 Å². The molecule has 28 heavy (non-hydrogen) atoms. The Morgan fingerprint density at radius 3 is 2.00 bits per heavy atom. The molecule has 2 aliphatic carbocycles. The normalized spacial score (nSPS) is 19.9. The predicted octanol–water partition coefficient (Wildman–Crippen LogP) is 4.19. The Labute approximate surface area is 165 Å². The number of carbonyl (C=O) groups excluding carboxylic acids is 2. The quantitative estimate of drug-likeness (QED) is 0.829. The van der Waals surface area contributed by atoms with Crippen molar-refractivity contribution < 1.29 is 19.1 Å². The Morgan fingerprint density at radius 1 is 0.857 bits per heavy atom. The molecule has 1 aromatic rings. The second-order valence-corrected chi connectivity index (χ2v) is 7.47. The molecular weight excluding hydrogens is 354 g/mol. The van der Waals surface area contributed by atoms with Crippen LogP contribution in [0.15, 0.2) is 40.7 Å². The summed E-state index contributed by atoms with van der Waals surface area (Å²) in [5.41, 5.74) is 4.47. The third-order valence-corrected chi connectivity index (χ3v) is 5.69. The zero-order valence-electron chi connectivity index (χ0n) is 16.6. The average Bonchev–Trinajstić information content (AvgIpc) is 2.69. The SMILES string of the molecule is CCOc1ccc(C2C3=C(CCCC3=O)NC3=C2C(=O)CCC3)cc1OCC. The second kappa shape index (κ2) is 7.82. The molecule has 1 aromatic carbocycles. The molecular formula is C23H27NO4. The molecule has 1 heterocycles. The van der Waals surface area contributed by atoms with E-state index in [1.165, 1.54) is 0 Å². The van der Waals surface area contributed by atoms with E-state index in [1.54, 1.807) is 0 Å². The molecule has 0 fully saturated rings. The van der Waals surface area contributed by atoms with E-state index in [0.717, 1.165) is 53.8 Å². The van der Waals surface area contributed by atoms with Crippen LogP contribution in [0, 0.1) is 0 Å². The van der Waals surface area contributed by atoms with Gasteiger partial charge in [-0.25, -0.2) is 0 Å². The number of ketones is 2. The van der Waals surface area contributed by atoms with Gasteiger partial charge in [0.05, 0.1) is 13.2 Å². The van der Waals surface area contributed by atoms with Gasteiger partial charge in [0.25, 0.3) is 0 Å². The van der Waals surface area contributed by atoms with Crippen molar-refractivity contribution in [1.82, 2.24) is 5.32 Å². The molecule has 5 heteroatoms. The lowest BCUT2D eigenvalue weighted by molar-refractivity contribution is -0.116. The lowest BCUT2D eigenvalue weighted by atomic mass is 9.71. The predicted molar refractivity (Wildman–Crippen MR) is 106 cm³/mol. The first-order valence-electron chi connectivity index (χ1n) is 10.3. The lowest BCUT2D eigenvalue weighted by Gasteiger charge is -2.37. The number of Topliss-reactive ketones (excluding diaryl/α,β-unsaturated/α-hetero) is 2. The summed E-state index contributed by atoms with van der Waals surface area (Å²) in [5, 5.41) is 3.45. The fourth-order valence-corrected chi connectivity index (χ4v) is 4.56. The molecule has 5 nitrogen and oxygen atoms in total. The number of allylic oxidation sites excluding steroid dienone is 4. The van der Waals surface area contributed by atoms with Crippen LogP contribution in [0.3, 0.4) is 0 Å². The zero-order chi connectivity index (χ0) is 19.7. The molecule has 0 spiro atoms. The van der Waals surface area contributed by atoms with Gasteiger partial charge >= 0.3 is 0 Å². The van der Waals surface area contributed by atoms with Crippen molar-refractivity contribution in [2.75, 3.05) is 13.2 Å². The van der Waals surface area contributed by atoms with Gasteiger partial charge in [-0.1, -0.05) is 6.07 Å². The molecule has 1 N–H and O–H groups in total. The van der Waals surface area contributed by atoms with Crippen LogP contribution in [0.5, 0.6) is 11.5 Å². The summed E-state index contributed by atoms with van der Waals surface area (Å²) in [6.07, 6.45) is 4.53. The molecule has 0 radical (unpaired) electrons. The largest absolute Gasteiger partial charge is 0.490 e. The minimum Gasteiger partial charge on any atom is -0.490 e. The van der Waals surface area contributed by atoms with Crippen molar-refractivity contribution in [1.29, 1.82) is 0 Å². The van der Waals surface area contributed by atoms with Gasteiger partial charge in [0.2, 0.25) is 0 Å². The monoisotopic (exact) mass is 381 g/mol. The van der Waals surface area contributed by atoms with Crippen molar-refractivity contribution in [3.05, 3.63) is 46.3 Å². The minimum atomic E-state index is -0.304. The number of nitrogens with one attached hydrogen (secondary N) is 1. The highest BCUT2D eigenvalue weighted by Crippen LogP contribution is 2.46. The van der Waals surface area contributed by atoms with E-state index in [1.807, 2.05) is 32.0 Å². The minimum absolute atomic E-state index is 0.149. The van der Waals surface area contributed by atoms with Gasteiger partial charge in [0.15, 0.2) is 23.1 Å². The van der Waals surface area contributed by atoms with Crippen LogP contribution in [-0.2, 0) is 9.59 Å². The van der Waals surface area contributed by atoms with Gasteiger partial charge < -0.3 is 14.8 Å². The standard InChI is InChI=1S/C23H27NO4/c1-3-27-19-12-11-14(13-20(19)28-4-2)21-22-15(7-5-9-17(22)25)24-16-8-6-10-18(26)23(16)21/h11-13,21,24H,3-10H2,1-2H3. The topological polar surface area (TPSA) is 64.6 Å². The smallest absolute Gasteiger partial charge is 0.161 e. The van der Waals surface area contributed by atoms with Crippen LogP contribution in [0.25, 0.3) is 0 Å². The first kappa shape index (κ1) is 18.8. The van der Waals surface area contributed by atoms with Crippen molar-refractivity contribution in [3.63, 3.8) is 0 Å². The van der Waals surface area contributed by atoms with Crippen molar-refractivity contribution >= 4 is 11.6 Å². The second-order valence-electron chi connectivity index (χ2n) is 7.47. The maximum absolute atomic E-state index is 12.9. The third kappa shape index (κ3) is 3.23. The number of hydrogen-bond donors (Lipinski definition) is 1. The van der Waals surface area contributed by atoms with E-state index >= 15 is 0 Å². The van der Waals surface area contributed by atoms with Gasteiger partial charge in [-0.3, -0.25) is 9.59 Å². The van der Waals surface area contributed by atoms with Crippen molar-refractivity contribution in [3.8, 4) is 11.5 Å². The molecule has 4 rings (SSSR count). The van der Waals surface area contributed by atoms with Crippen LogP contribution < -0.4 is 14.8 Å². The van der Waals surface area contributed by atoms with Gasteiger partial charge in [0.1, 0.15) is 0 Å². The van der Waals surface area contributed by atoms with Gasteiger partial charge in [-0.15, -0.1) is 0 Å². The summed E-state index contributed by atoms with van der Waals surface area (Å²) in [4.78, 5) is 25.8. The number of benzene rings is 1. The summed E-state index contributed by atoms with van der Waals surface area (Å²) < 4.78 is 11.5. The van der Waals surface area contributed by atoms with E-state index in [9.17, 15) is 9.59 Å². The first-order chi connectivity index (χ1) is 13.6. The van der Waals surface area contributed by atoms with E-state index in [0.29, 0.717) is 37.6 Å². The zero-order valence-corrected chi connectivity index (χ0v) is 16.6. The number of carbonyl (C=O) groups is 2.